The van der Waals surface area contributed by atoms with E-state index in [-0.39, 0.29) is 40.5 Å². The van der Waals surface area contributed by atoms with Crippen LogP contribution in [0.15, 0.2) is 0 Å². The van der Waals surface area contributed by atoms with Crippen LogP contribution in [-0.2, 0) is 38.0 Å². The van der Waals surface area contributed by atoms with Crippen LogP contribution in [0.3, 0.4) is 0 Å². The molecular weight excluding hydrogens is 516 g/mol. The van der Waals surface area contributed by atoms with E-state index in [1.165, 1.54) is 6.92 Å². The Bertz CT molecular complexity index is 682. The van der Waals surface area contributed by atoms with Crippen molar-refractivity contribution in [3.05, 3.63) is 0 Å². The van der Waals surface area contributed by atoms with Crippen LogP contribution in [0, 0.1) is 22.7 Å². The normalized spacial score (nSPS) is 14.9. The Morgan fingerprint density at radius 1 is 0.923 bits per heavy atom. The van der Waals surface area contributed by atoms with Gasteiger partial charge in [0.05, 0.1) is 26.4 Å². The van der Waals surface area contributed by atoms with Crippen LogP contribution in [0.2, 0.25) is 0 Å². The van der Waals surface area contributed by atoms with Gasteiger partial charge in [0, 0.05) is 6.61 Å². The smallest absolute Gasteiger partial charge is 0.465 e. The van der Waals surface area contributed by atoms with Crippen molar-refractivity contribution in [1.82, 2.24) is 0 Å². The van der Waals surface area contributed by atoms with Crippen molar-refractivity contribution < 1.29 is 57.8 Å². The topological polar surface area (TPSA) is 164 Å². The molecule has 0 aromatic heterocycles. The molecule has 1 fully saturated rings. The van der Waals surface area contributed by atoms with E-state index in [1.807, 2.05) is 13.8 Å². The number of hydrogen-bond donors (Lipinski definition) is 2. The highest BCUT2D eigenvalue weighted by molar-refractivity contribution is 5.78. The molecule has 0 aromatic rings. The monoisotopic (exact) mass is 568 g/mol. The van der Waals surface area contributed by atoms with E-state index >= 15 is 0 Å². The number of rotatable bonds is 12. The summed E-state index contributed by atoms with van der Waals surface area (Å²) in [5.74, 6) is 0.0695. The van der Waals surface area contributed by atoms with Crippen LogP contribution in [0.1, 0.15) is 75.7 Å². The molecule has 1 aliphatic heterocycles. The van der Waals surface area contributed by atoms with E-state index in [4.69, 9.17) is 24.1 Å². The van der Waals surface area contributed by atoms with Crippen LogP contribution in [-0.4, -0.2) is 87.3 Å². The summed E-state index contributed by atoms with van der Waals surface area (Å²) in [6, 6.07) is 0. The first-order chi connectivity index (χ1) is 17.7. The highest BCUT2D eigenvalue weighted by Crippen LogP contribution is 2.24. The van der Waals surface area contributed by atoms with Crippen LogP contribution < -0.4 is 0 Å². The Morgan fingerprint density at radius 3 is 1.82 bits per heavy atom. The summed E-state index contributed by atoms with van der Waals surface area (Å²) in [4.78, 5) is 44.8. The average Bonchev–Trinajstić information content (AvgIpc) is 2.85. The van der Waals surface area contributed by atoms with E-state index in [0.29, 0.717) is 25.0 Å². The minimum atomic E-state index is -1.26. The number of aliphatic hydroxyl groups is 2. The van der Waals surface area contributed by atoms with Crippen LogP contribution in [0.5, 0.6) is 0 Å². The largest absolute Gasteiger partial charge is 0.508 e. The molecule has 1 heterocycles. The second kappa shape index (κ2) is 22.2. The van der Waals surface area contributed by atoms with Gasteiger partial charge in [0.15, 0.2) is 0 Å². The first-order valence-corrected chi connectivity index (χ1v) is 12.9. The molecule has 0 aromatic carbocycles. The summed E-state index contributed by atoms with van der Waals surface area (Å²) in [7, 11) is 0. The third-order valence-corrected chi connectivity index (χ3v) is 5.03. The van der Waals surface area contributed by atoms with Gasteiger partial charge in [-0.2, -0.15) is 0 Å². The standard InChI is InChI=1S/C13H24O6.C8H12O5.C5H12O.CH4/c1-5-17-11(15)13(4,8-14)9-19-12(16)18-7-6-10(2)3;1-3-11-6(9)8(2)4-12-7(10)13-5-8;1-5(2)3-4-6;/h10,14H,5-9H2,1-4H3;3-5H2,1-2H3;5-6H,3-4H2,1-2H3;1H4. The van der Waals surface area contributed by atoms with Crippen molar-refractivity contribution >= 4 is 24.2 Å². The fourth-order valence-electron chi connectivity index (χ4n) is 2.31. The number of carbonyl (C=O) groups excluding carboxylic acids is 4. The van der Waals surface area contributed by atoms with Gasteiger partial charge in [-0.3, -0.25) is 9.59 Å². The van der Waals surface area contributed by atoms with Crippen LogP contribution >= 0.6 is 0 Å². The van der Waals surface area contributed by atoms with Gasteiger partial charge in [-0.15, -0.1) is 0 Å². The Hall–Kier alpha value is -2.60. The summed E-state index contributed by atoms with van der Waals surface area (Å²) in [6.45, 7) is 15.1. The van der Waals surface area contributed by atoms with Gasteiger partial charge in [-0.25, -0.2) is 9.59 Å². The minimum absolute atomic E-state index is 0. The van der Waals surface area contributed by atoms with Crippen molar-refractivity contribution in [2.75, 3.05) is 52.9 Å². The lowest BCUT2D eigenvalue weighted by Gasteiger charge is -2.29. The molecular formula is C27H52O12. The molecule has 1 rings (SSSR count). The molecule has 0 radical (unpaired) electrons. The molecule has 0 aliphatic carbocycles. The molecule has 0 saturated carbocycles. The summed E-state index contributed by atoms with van der Waals surface area (Å²) in [6.07, 6.45) is 0.0935. The highest BCUT2D eigenvalue weighted by Gasteiger charge is 2.41. The zero-order chi connectivity index (χ0) is 29.8. The zero-order valence-electron chi connectivity index (χ0n) is 24.2. The first kappa shape index (κ1) is 40.9. The van der Waals surface area contributed by atoms with Gasteiger partial charge in [-0.1, -0.05) is 35.1 Å². The molecule has 2 N–H and O–H groups in total. The lowest BCUT2D eigenvalue weighted by Crippen LogP contribution is -2.44. The molecule has 1 aliphatic rings. The molecule has 12 nitrogen and oxygen atoms in total. The first-order valence-electron chi connectivity index (χ1n) is 12.9. The summed E-state index contributed by atoms with van der Waals surface area (Å²) >= 11 is 0. The Morgan fingerprint density at radius 2 is 1.44 bits per heavy atom. The van der Waals surface area contributed by atoms with Crippen LogP contribution in [0.4, 0.5) is 9.59 Å². The van der Waals surface area contributed by atoms with E-state index < -0.39 is 41.7 Å². The van der Waals surface area contributed by atoms with Gasteiger partial charge in [0.1, 0.15) is 30.7 Å². The quantitative estimate of drug-likeness (QED) is 0.256. The maximum atomic E-state index is 11.6. The molecule has 1 unspecified atom stereocenters. The molecule has 39 heavy (non-hydrogen) atoms. The molecule has 232 valence electrons. The third kappa shape index (κ3) is 19.2. The van der Waals surface area contributed by atoms with Crippen LogP contribution in [0.25, 0.3) is 0 Å². The third-order valence-electron chi connectivity index (χ3n) is 5.03. The number of cyclic esters (lactones) is 2. The van der Waals surface area contributed by atoms with Gasteiger partial charge in [-0.05, 0) is 52.4 Å². The van der Waals surface area contributed by atoms with Crippen molar-refractivity contribution in [3.63, 3.8) is 0 Å². The van der Waals surface area contributed by atoms with Crippen molar-refractivity contribution in [2.24, 2.45) is 22.7 Å². The van der Waals surface area contributed by atoms with Crippen molar-refractivity contribution in [2.45, 2.75) is 75.7 Å². The number of esters is 2. The average molecular weight is 569 g/mol. The van der Waals surface area contributed by atoms with Crippen molar-refractivity contribution in [1.29, 1.82) is 0 Å². The van der Waals surface area contributed by atoms with Crippen molar-refractivity contribution in [3.8, 4) is 0 Å². The molecule has 0 amide bonds. The fourth-order valence-corrected chi connectivity index (χ4v) is 2.31. The number of carbonyl (C=O) groups is 4. The second-order valence-electron chi connectivity index (χ2n) is 10.0. The SMILES string of the molecule is C.CC(C)CCO.CCOC(=O)C(C)(CO)COC(=O)OCCC(C)C.CCOC(=O)C1(C)COC(=O)OC1. The number of aliphatic hydroxyl groups excluding tert-OH is 2. The molecule has 0 bridgehead atoms. The Balaban J connectivity index is -0.000000559. The lowest BCUT2D eigenvalue weighted by molar-refractivity contribution is -0.165. The van der Waals surface area contributed by atoms with E-state index in [1.54, 1.807) is 20.8 Å². The Kier molecular flexibility index (Phi) is 23.3. The van der Waals surface area contributed by atoms with Gasteiger partial charge in [0.25, 0.3) is 0 Å². The van der Waals surface area contributed by atoms with E-state index in [2.05, 4.69) is 23.3 Å². The van der Waals surface area contributed by atoms with E-state index in [0.717, 1.165) is 12.8 Å². The summed E-state index contributed by atoms with van der Waals surface area (Å²) in [5, 5.41) is 17.4. The maximum Gasteiger partial charge on any atom is 0.508 e. The molecule has 1 atom stereocenters. The molecule has 12 heteroatoms. The predicted octanol–water partition coefficient (Wildman–Crippen LogP) is 4.13. The lowest BCUT2D eigenvalue weighted by atomic mass is 9.93. The van der Waals surface area contributed by atoms with Gasteiger partial charge < -0.3 is 38.6 Å². The fraction of sp³-hybridized carbons (Fsp3) is 0.852. The predicted molar refractivity (Wildman–Crippen MR) is 144 cm³/mol. The molecule has 0 spiro atoms. The molecule has 1 saturated heterocycles. The summed E-state index contributed by atoms with van der Waals surface area (Å²) < 4.78 is 28.5. The zero-order valence-corrected chi connectivity index (χ0v) is 24.2. The number of hydrogen-bond acceptors (Lipinski definition) is 12. The highest BCUT2D eigenvalue weighted by atomic mass is 16.7. The Labute approximate surface area is 233 Å². The number of ether oxygens (including phenoxy) is 6. The van der Waals surface area contributed by atoms with Gasteiger partial charge in [0.2, 0.25) is 0 Å². The summed E-state index contributed by atoms with van der Waals surface area (Å²) in [5.41, 5.74) is -2.11. The maximum absolute atomic E-state index is 11.6. The minimum Gasteiger partial charge on any atom is -0.465 e. The second-order valence-corrected chi connectivity index (χ2v) is 10.0. The van der Waals surface area contributed by atoms with Gasteiger partial charge >= 0.3 is 24.2 Å². The van der Waals surface area contributed by atoms with E-state index in [9.17, 15) is 24.3 Å².